The second kappa shape index (κ2) is 5.07. The average Bonchev–Trinajstić information content (AvgIpc) is 2.93. The second-order valence-corrected chi connectivity index (χ2v) is 4.14. The second-order valence-electron chi connectivity index (χ2n) is 4.14. The van der Waals surface area contributed by atoms with Gasteiger partial charge in [-0.2, -0.15) is 0 Å². The van der Waals surface area contributed by atoms with Gasteiger partial charge in [-0.25, -0.2) is 0 Å². The van der Waals surface area contributed by atoms with Crippen molar-refractivity contribution in [1.29, 1.82) is 0 Å². The van der Waals surface area contributed by atoms with Gasteiger partial charge in [0, 0.05) is 6.20 Å². The van der Waals surface area contributed by atoms with Crippen molar-refractivity contribution in [3.63, 3.8) is 0 Å². The van der Waals surface area contributed by atoms with Crippen LogP contribution in [-0.2, 0) is 0 Å². The SMILES string of the molecule is C1CCNC1.Cc1ccc2nnc(C)n2c1. The maximum atomic E-state index is 3.97. The highest BCUT2D eigenvalue weighted by molar-refractivity contribution is 5.38. The Morgan fingerprint density at radius 2 is 1.88 bits per heavy atom. The zero-order chi connectivity index (χ0) is 11.4. The molecule has 3 heterocycles. The van der Waals surface area contributed by atoms with Gasteiger partial charge >= 0.3 is 0 Å². The van der Waals surface area contributed by atoms with E-state index in [9.17, 15) is 0 Å². The van der Waals surface area contributed by atoms with Crippen LogP contribution in [-0.4, -0.2) is 27.7 Å². The van der Waals surface area contributed by atoms with E-state index >= 15 is 0 Å². The van der Waals surface area contributed by atoms with Crippen molar-refractivity contribution in [2.75, 3.05) is 13.1 Å². The van der Waals surface area contributed by atoms with Crippen LogP contribution in [0.15, 0.2) is 18.3 Å². The summed E-state index contributed by atoms with van der Waals surface area (Å²) in [5.74, 6) is 0.934. The molecule has 0 aromatic carbocycles. The fourth-order valence-electron chi connectivity index (χ4n) is 1.74. The van der Waals surface area contributed by atoms with Gasteiger partial charge in [0.1, 0.15) is 5.82 Å². The Hall–Kier alpha value is -1.42. The van der Waals surface area contributed by atoms with E-state index < -0.39 is 0 Å². The number of hydrogen-bond donors (Lipinski definition) is 1. The van der Waals surface area contributed by atoms with E-state index in [0.717, 1.165) is 11.5 Å². The minimum Gasteiger partial charge on any atom is -0.317 e. The maximum absolute atomic E-state index is 3.97. The first kappa shape index (κ1) is 11.1. The lowest BCUT2D eigenvalue weighted by Crippen LogP contribution is -2.03. The van der Waals surface area contributed by atoms with Gasteiger partial charge in [-0.15, -0.1) is 10.2 Å². The zero-order valence-corrected chi connectivity index (χ0v) is 9.90. The predicted octanol–water partition coefficient (Wildman–Crippen LogP) is 1.72. The molecule has 0 saturated carbocycles. The van der Waals surface area contributed by atoms with Crippen LogP contribution in [0.1, 0.15) is 24.2 Å². The van der Waals surface area contributed by atoms with E-state index in [1.165, 1.54) is 31.5 Å². The van der Waals surface area contributed by atoms with E-state index in [1.807, 2.05) is 29.7 Å². The molecule has 0 atom stereocenters. The van der Waals surface area contributed by atoms with Gasteiger partial charge in [0.2, 0.25) is 0 Å². The number of aromatic nitrogens is 3. The minimum atomic E-state index is 0.910. The van der Waals surface area contributed by atoms with Crippen molar-refractivity contribution in [3.8, 4) is 0 Å². The lowest BCUT2D eigenvalue weighted by molar-refractivity contribution is 0.857. The molecule has 0 bridgehead atoms. The molecule has 2 aromatic rings. The smallest absolute Gasteiger partial charge is 0.160 e. The summed E-state index contributed by atoms with van der Waals surface area (Å²) < 4.78 is 1.98. The van der Waals surface area contributed by atoms with Gasteiger partial charge in [0.15, 0.2) is 5.65 Å². The predicted molar refractivity (Wildman–Crippen MR) is 64.6 cm³/mol. The molecule has 1 aliphatic rings. The summed E-state index contributed by atoms with van der Waals surface area (Å²) in [5.41, 5.74) is 2.13. The quantitative estimate of drug-likeness (QED) is 0.732. The van der Waals surface area contributed by atoms with Crippen LogP contribution >= 0.6 is 0 Å². The Morgan fingerprint density at radius 3 is 2.50 bits per heavy atom. The van der Waals surface area contributed by atoms with Crippen LogP contribution in [0.3, 0.4) is 0 Å². The normalized spacial score (nSPS) is 14.9. The molecular weight excluding hydrogens is 200 g/mol. The third-order valence-corrected chi connectivity index (χ3v) is 2.68. The fourth-order valence-corrected chi connectivity index (χ4v) is 1.74. The van der Waals surface area contributed by atoms with Crippen LogP contribution in [0.2, 0.25) is 0 Å². The summed E-state index contributed by atoms with van der Waals surface area (Å²) in [6, 6.07) is 4.00. The van der Waals surface area contributed by atoms with Crippen LogP contribution in [0, 0.1) is 13.8 Å². The number of nitrogens with zero attached hydrogens (tertiary/aromatic N) is 3. The van der Waals surface area contributed by atoms with Crippen molar-refractivity contribution >= 4 is 5.65 Å². The summed E-state index contributed by atoms with van der Waals surface area (Å²) in [6.07, 6.45) is 4.81. The molecule has 3 rings (SSSR count). The van der Waals surface area contributed by atoms with Gasteiger partial charge in [-0.3, -0.25) is 4.40 Å². The summed E-state index contributed by atoms with van der Waals surface area (Å²) in [6.45, 7) is 6.50. The first-order chi connectivity index (χ1) is 7.77. The first-order valence-corrected chi connectivity index (χ1v) is 5.76. The molecule has 0 spiro atoms. The molecule has 1 N–H and O–H groups in total. The van der Waals surface area contributed by atoms with Crippen molar-refractivity contribution in [1.82, 2.24) is 19.9 Å². The van der Waals surface area contributed by atoms with Gasteiger partial charge in [0.05, 0.1) is 0 Å². The summed E-state index contributed by atoms with van der Waals surface area (Å²) >= 11 is 0. The molecule has 4 nitrogen and oxygen atoms in total. The summed E-state index contributed by atoms with van der Waals surface area (Å²) in [5, 5.41) is 11.1. The number of aryl methyl sites for hydroxylation is 2. The molecule has 1 saturated heterocycles. The monoisotopic (exact) mass is 218 g/mol. The first-order valence-electron chi connectivity index (χ1n) is 5.76. The third-order valence-electron chi connectivity index (χ3n) is 2.68. The van der Waals surface area contributed by atoms with E-state index in [4.69, 9.17) is 0 Å². The van der Waals surface area contributed by atoms with Gasteiger partial charge < -0.3 is 5.32 Å². The van der Waals surface area contributed by atoms with E-state index in [1.54, 1.807) is 0 Å². The van der Waals surface area contributed by atoms with Crippen molar-refractivity contribution in [2.45, 2.75) is 26.7 Å². The lowest BCUT2D eigenvalue weighted by Gasteiger charge is -1.94. The number of fused-ring (bicyclic) bond motifs is 1. The number of pyridine rings is 1. The Labute approximate surface area is 95.7 Å². The summed E-state index contributed by atoms with van der Waals surface area (Å²) in [7, 11) is 0. The Kier molecular flexibility index (Phi) is 3.51. The maximum Gasteiger partial charge on any atom is 0.160 e. The number of rotatable bonds is 0. The highest BCUT2D eigenvalue weighted by atomic mass is 15.2. The molecule has 0 radical (unpaired) electrons. The fraction of sp³-hybridized carbons (Fsp3) is 0.500. The average molecular weight is 218 g/mol. The molecular formula is C12H18N4. The van der Waals surface area contributed by atoms with Crippen molar-refractivity contribution in [2.24, 2.45) is 0 Å². The molecule has 0 unspecified atom stereocenters. The van der Waals surface area contributed by atoms with Crippen LogP contribution in [0.25, 0.3) is 5.65 Å². The number of hydrogen-bond acceptors (Lipinski definition) is 3. The Morgan fingerprint density at radius 1 is 1.12 bits per heavy atom. The van der Waals surface area contributed by atoms with Gasteiger partial charge in [-0.05, 0) is 51.4 Å². The molecule has 0 amide bonds. The minimum absolute atomic E-state index is 0.910. The topological polar surface area (TPSA) is 42.2 Å². The zero-order valence-electron chi connectivity index (χ0n) is 9.90. The summed E-state index contributed by atoms with van der Waals surface area (Å²) in [4.78, 5) is 0. The highest BCUT2D eigenvalue weighted by Gasteiger charge is 1.97. The van der Waals surface area contributed by atoms with Gasteiger partial charge in [-0.1, -0.05) is 6.07 Å². The molecule has 1 aliphatic heterocycles. The van der Waals surface area contributed by atoms with Crippen LogP contribution < -0.4 is 5.32 Å². The van der Waals surface area contributed by atoms with E-state index in [2.05, 4.69) is 22.4 Å². The largest absolute Gasteiger partial charge is 0.317 e. The van der Waals surface area contributed by atoms with Crippen LogP contribution in [0.5, 0.6) is 0 Å². The van der Waals surface area contributed by atoms with E-state index in [-0.39, 0.29) is 0 Å². The molecule has 16 heavy (non-hydrogen) atoms. The number of nitrogens with one attached hydrogen (secondary N) is 1. The highest BCUT2D eigenvalue weighted by Crippen LogP contribution is 2.04. The van der Waals surface area contributed by atoms with Gasteiger partial charge in [0.25, 0.3) is 0 Å². The Balaban J connectivity index is 0.000000162. The van der Waals surface area contributed by atoms with Crippen molar-refractivity contribution < 1.29 is 0 Å². The van der Waals surface area contributed by atoms with Crippen molar-refractivity contribution in [3.05, 3.63) is 29.7 Å². The molecule has 1 fully saturated rings. The Bertz CT molecular complexity index is 449. The third kappa shape index (κ3) is 2.58. The van der Waals surface area contributed by atoms with E-state index in [0.29, 0.717) is 0 Å². The lowest BCUT2D eigenvalue weighted by atomic mass is 10.3. The van der Waals surface area contributed by atoms with Crippen LogP contribution in [0.4, 0.5) is 0 Å². The molecule has 2 aromatic heterocycles. The molecule has 0 aliphatic carbocycles. The molecule has 4 heteroatoms. The standard InChI is InChI=1S/C8H9N3.C4H9N/c1-6-3-4-8-10-9-7(2)11(8)5-6;1-2-4-5-3-1/h3-5H,1-2H3;5H,1-4H2. The molecule has 86 valence electrons.